The second kappa shape index (κ2) is 7.45. The van der Waals surface area contributed by atoms with E-state index in [2.05, 4.69) is 13.2 Å². The van der Waals surface area contributed by atoms with Crippen LogP contribution in [0.2, 0.25) is 0 Å². The standard InChI is InChI=1S/C20H20O3/c1-14(2)13-22-18-9-5-16(6-10-18)17-7-11-19(12-8-17)23-20(21)15(3)4/h5-12H,1,3,13H2,2,4H3. The van der Waals surface area contributed by atoms with Gasteiger partial charge in [-0.2, -0.15) is 0 Å². The van der Waals surface area contributed by atoms with Crippen molar-refractivity contribution in [3.63, 3.8) is 0 Å². The van der Waals surface area contributed by atoms with E-state index in [0.29, 0.717) is 17.9 Å². The number of rotatable bonds is 6. The number of carbonyl (C=O) groups excluding carboxylic acids is 1. The van der Waals surface area contributed by atoms with Gasteiger partial charge in [-0.25, -0.2) is 4.79 Å². The average molecular weight is 308 g/mol. The molecule has 0 spiro atoms. The van der Waals surface area contributed by atoms with Gasteiger partial charge < -0.3 is 9.47 Å². The highest BCUT2D eigenvalue weighted by molar-refractivity contribution is 5.88. The lowest BCUT2D eigenvalue weighted by atomic mass is 10.1. The number of esters is 1. The molecule has 2 rings (SSSR count). The number of hydrogen-bond acceptors (Lipinski definition) is 3. The molecule has 0 aliphatic heterocycles. The van der Waals surface area contributed by atoms with Crippen LogP contribution in [-0.4, -0.2) is 12.6 Å². The summed E-state index contributed by atoms with van der Waals surface area (Å²) in [5.41, 5.74) is 3.45. The molecule has 0 N–H and O–H groups in total. The molecule has 0 radical (unpaired) electrons. The van der Waals surface area contributed by atoms with E-state index < -0.39 is 5.97 Å². The van der Waals surface area contributed by atoms with E-state index in [1.807, 2.05) is 43.3 Å². The highest BCUT2D eigenvalue weighted by atomic mass is 16.5. The summed E-state index contributed by atoms with van der Waals surface area (Å²) in [5, 5.41) is 0. The van der Waals surface area contributed by atoms with Crippen LogP contribution in [0.5, 0.6) is 11.5 Å². The highest BCUT2D eigenvalue weighted by Gasteiger charge is 2.05. The van der Waals surface area contributed by atoms with E-state index in [4.69, 9.17) is 9.47 Å². The maximum atomic E-state index is 11.5. The zero-order chi connectivity index (χ0) is 16.8. The minimum absolute atomic E-state index is 0.374. The van der Waals surface area contributed by atoms with Crippen molar-refractivity contribution >= 4 is 5.97 Å². The van der Waals surface area contributed by atoms with Crippen molar-refractivity contribution in [2.24, 2.45) is 0 Å². The van der Waals surface area contributed by atoms with Crippen molar-refractivity contribution in [2.45, 2.75) is 13.8 Å². The Morgan fingerprint density at radius 2 is 1.35 bits per heavy atom. The van der Waals surface area contributed by atoms with Gasteiger partial charge in [0, 0.05) is 5.57 Å². The molecule has 0 bridgehead atoms. The molecule has 0 aromatic heterocycles. The first-order chi connectivity index (χ1) is 11.0. The second-order valence-electron chi connectivity index (χ2n) is 5.46. The monoisotopic (exact) mass is 308 g/mol. The van der Waals surface area contributed by atoms with Gasteiger partial charge in [-0.1, -0.05) is 37.4 Å². The summed E-state index contributed by atoms with van der Waals surface area (Å²) in [6.07, 6.45) is 0. The Morgan fingerprint density at radius 3 is 1.78 bits per heavy atom. The van der Waals surface area contributed by atoms with Gasteiger partial charge in [-0.15, -0.1) is 0 Å². The molecule has 0 amide bonds. The lowest BCUT2D eigenvalue weighted by Gasteiger charge is -2.08. The lowest BCUT2D eigenvalue weighted by Crippen LogP contribution is -2.07. The van der Waals surface area contributed by atoms with Gasteiger partial charge in [-0.05, 0) is 54.8 Å². The minimum Gasteiger partial charge on any atom is -0.489 e. The van der Waals surface area contributed by atoms with Crippen LogP contribution < -0.4 is 9.47 Å². The molecule has 3 nitrogen and oxygen atoms in total. The first-order valence-corrected chi connectivity index (χ1v) is 7.31. The van der Waals surface area contributed by atoms with Crippen LogP contribution in [0, 0.1) is 0 Å². The molecular formula is C20H20O3. The molecular weight excluding hydrogens is 288 g/mol. The van der Waals surface area contributed by atoms with Gasteiger partial charge >= 0.3 is 5.97 Å². The smallest absolute Gasteiger partial charge is 0.338 e. The largest absolute Gasteiger partial charge is 0.489 e. The molecule has 0 atom stereocenters. The van der Waals surface area contributed by atoms with Crippen LogP contribution in [0.25, 0.3) is 11.1 Å². The summed E-state index contributed by atoms with van der Waals surface area (Å²) >= 11 is 0. The SMILES string of the molecule is C=C(C)COc1ccc(-c2ccc(OC(=O)C(=C)C)cc2)cc1. The molecule has 118 valence electrons. The van der Waals surface area contributed by atoms with Crippen LogP contribution >= 0.6 is 0 Å². The summed E-state index contributed by atoms with van der Waals surface area (Å²) in [7, 11) is 0. The summed E-state index contributed by atoms with van der Waals surface area (Å²) in [5.74, 6) is 0.892. The van der Waals surface area contributed by atoms with E-state index in [9.17, 15) is 4.79 Å². The van der Waals surface area contributed by atoms with E-state index in [0.717, 1.165) is 22.4 Å². The topological polar surface area (TPSA) is 35.5 Å². The molecule has 0 fully saturated rings. The Hall–Kier alpha value is -2.81. The Balaban J connectivity index is 2.05. The van der Waals surface area contributed by atoms with Gasteiger partial charge in [0.25, 0.3) is 0 Å². The number of hydrogen-bond donors (Lipinski definition) is 0. The summed E-state index contributed by atoms with van der Waals surface area (Å²) < 4.78 is 10.8. The van der Waals surface area contributed by atoms with E-state index in [1.54, 1.807) is 19.1 Å². The Bertz CT molecular complexity index is 710. The molecule has 0 saturated heterocycles. The molecule has 0 aliphatic carbocycles. The number of ether oxygens (including phenoxy) is 2. The van der Waals surface area contributed by atoms with Crippen molar-refractivity contribution < 1.29 is 14.3 Å². The Labute approximate surface area is 136 Å². The molecule has 0 aliphatic rings. The average Bonchev–Trinajstić information content (AvgIpc) is 2.54. The second-order valence-corrected chi connectivity index (χ2v) is 5.46. The molecule has 2 aromatic carbocycles. The number of carbonyl (C=O) groups is 1. The first kappa shape index (κ1) is 16.6. The zero-order valence-electron chi connectivity index (χ0n) is 13.5. The predicted molar refractivity (Wildman–Crippen MR) is 92.6 cm³/mol. The van der Waals surface area contributed by atoms with Crippen LogP contribution in [-0.2, 0) is 4.79 Å². The van der Waals surface area contributed by atoms with Crippen molar-refractivity contribution in [1.29, 1.82) is 0 Å². The summed E-state index contributed by atoms with van der Waals surface area (Å²) in [6, 6.07) is 15.2. The fourth-order valence-corrected chi connectivity index (χ4v) is 1.86. The Morgan fingerprint density at radius 1 is 0.870 bits per heavy atom. The van der Waals surface area contributed by atoms with Crippen LogP contribution in [0.3, 0.4) is 0 Å². The Kier molecular flexibility index (Phi) is 5.36. The van der Waals surface area contributed by atoms with Gasteiger partial charge in [0.15, 0.2) is 0 Å². The fourth-order valence-electron chi connectivity index (χ4n) is 1.86. The highest BCUT2D eigenvalue weighted by Crippen LogP contribution is 2.25. The first-order valence-electron chi connectivity index (χ1n) is 7.31. The van der Waals surface area contributed by atoms with E-state index >= 15 is 0 Å². The van der Waals surface area contributed by atoms with E-state index in [-0.39, 0.29) is 0 Å². The number of benzene rings is 2. The summed E-state index contributed by atoms with van der Waals surface area (Å²) in [6.45, 7) is 11.4. The van der Waals surface area contributed by atoms with Crippen molar-refractivity contribution in [3.05, 3.63) is 72.8 Å². The van der Waals surface area contributed by atoms with Crippen LogP contribution in [0.1, 0.15) is 13.8 Å². The zero-order valence-corrected chi connectivity index (χ0v) is 13.5. The molecule has 2 aromatic rings. The summed E-state index contributed by atoms with van der Waals surface area (Å²) in [4.78, 5) is 11.5. The van der Waals surface area contributed by atoms with Crippen LogP contribution in [0.4, 0.5) is 0 Å². The third-order valence-electron chi connectivity index (χ3n) is 3.09. The van der Waals surface area contributed by atoms with Crippen molar-refractivity contribution in [2.75, 3.05) is 6.61 Å². The quantitative estimate of drug-likeness (QED) is 0.333. The lowest BCUT2D eigenvalue weighted by molar-refractivity contribution is -0.130. The molecule has 0 unspecified atom stereocenters. The minimum atomic E-state index is -0.420. The fraction of sp³-hybridized carbons (Fsp3) is 0.150. The van der Waals surface area contributed by atoms with Crippen molar-refractivity contribution in [3.8, 4) is 22.6 Å². The van der Waals surface area contributed by atoms with Crippen LogP contribution in [0.15, 0.2) is 72.8 Å². The van der Waals surface area contributed by atoms with Gasteiger partial charge in [0.1, 0.15) is 18.1 Å². The normalized spacial score (nSPS) is 10.0. The predicted octanol–water partition coefficient (Wildman–Crippen LogP) is 4.79. The van der Waals surface area contributed by atoms with Gasteiger partial charge in [-0.3, -0.25) is 0 Å². The molecule has 0 saturated carbocycles. The molecule has 3 heteroatoms. The maximum Gasteiger partial charge on any atom is 0.338 e. The van der Waals surface area contributed by atoms with Crippen molar-refractivity contribution in [1.82, 2.24) is 0 Å². The van der Waals surface area contributed by atoms with Gasteiger partial charge in [0.2, 0.25) is 0 Å². The third-order valence-corrected chi connectivity index (χ3v) is 3.09. The molecule has 0 heterocycles. The molecule has 23 heavy (non-hydrogen) atoms. The maximum absolute atomic E-state index is 11.5. The van der Waals surface area contributed by atoms with Gasteiger partial charge in [0.05, 0.1) is 0 Å². The van der Waals surface area contributed by atoms with E-state index in [1.165, 1.54) is 0 Å². The third kappa shape index (κ3) is 4.85.